The van der Waals surface area contributed by atoms with Crippen LogP contribution in [0.15, 0.2) is 72.8 Å². The number of hydrogen-bond donors (Lipinski definition) is 1. The topological polar surface area (TPSA) is 58.6 Å². The molecule has 0 saturated heterocycles. The Balaban J connectivity index is 1.80. The first kappa shape index (κ1) is 20.1. The van der Waals surface area contributed by atoms with E-state index in [1.807, 2.05) is 38.1 Å². The second-order valence-corrected chi connectivity index (χ2v) is 6.65. The standard InChI is InChI=1S/C24H24N2O3/c1-4-26(21-10-5-7-17(2)15-21)24(28)19-9-6-8-18(16-19)23(27)25-20-11-13-22(29-3)14-12-20/h5-16H,4H2,1-3H3,(H,25,27). The Morgan fingerprint density at radius 2 is 1.62 bits per heavy atom. The highest BCUT2D eigenvalue weighted by Crippen LogP contribution is 2.20. The van der Waals surface area contributed by atoms with E-state index in [-0.39, 0.29) is 11.8 Å². The fourth-order valence-corrected chi connectivity index (χ4v) is 3.07. The summed E-state index contributed by atoms with van der Waals surface area (Å²) in [5.41, 5.74) is 3.47. The average molecular weight is 388 g/mol. The van der Waals surface area contributed by atoms with Crippen molar-refractivity contribution >= 4 is 23.2 Å². The van der Waals surface area contributed by atoms with Gasteiger partial charge in [0.15, 0.2) is 0 Å². The average Bonchev–Trinajstić information content (AvgIpc) is 2.75. The largest absolute Gasteiger partial charge is 0.497 e. The van der Waals surface area contributed by atoms with E-state index >= 15 is 0 Å². The molecule has 29 heavy (non-hydrogen) atoms. The summed E-state index contributed by atoms with van der Waals surface area (Å²) in [6.07, 6.45) is 0. The van der Waals surface area contributed by atoms with Gasteiger partial charge in [-0.25, -0.2) is 0 Å². The number of nitrogens with zero attached hydrogens (tertiary/aromatic N) is 1. The SMILES string of the molecule is CCN(C(=O)c1cccc(C(=O)Nc2ccc(OC)cc2)c1)c1cccc(C)c1. The number of carbonyl (C=O) groups excluding carboxylic acids is 2. The van der Waals surface area contributed by atoms with E-state index in [0.29, 0.717) is 29.1 Å². The third-order valence-corrected chi connectivity index (χ3v) is 4.59. The predicted molar refractivity (Wildman–Crippen MR) is 116 cm³/mol. The van der Waals surface area contributed by atoms with Crippen LogP contribution in [0.3, 0.4) is 0 Å². The van der Waals surface area contributed by atoms with Gasteiger partial charge in [0.1, 0.15) is 5.75 Å². The van der Waals surface area contributed by atoms with E-state index in [0.717, 1.165) is 11.3 Å². The van der Waals surface area contributed by atoms with Gasteiger partial charge in [0, 0.05) is 29.0 Å². The summed E-state index contributed by atoms with van der Waals surface area (Å²) >= 11 is 0. The number of aryl methyl sites for hydroxylation is 1. The molecule has 3 aromatic carbocycles. The number of amides is 2. The van der Waals surface area contributed by atoms with Gasteiger partial charge >= 0.3 is 0 Å². The molecule has 0 aliphatic rings. The molecule has 0 bridgehead atoms. The van der Waals surface area contributed by atoms with Crippen molar-refractivity contribution in [3.8, 4) is 5.75 Å². The third-order valence-electron chi connectivity index (χ3n) is 4.59. The Hall–Kier alpha value is -3.60. The number of carbonyl (C=O) groups is 2. The Morgan fingerprint density at radius 1 is 0.931 bits per heavy atom. The van der Waals surface area contributed by atoms with Crippen molar-refractivity contribution in [1.82, 2.24) is 0 Å². The van der Waals surface area contributed by atoms with Crippen LogP contribution in [0, 0.1) is 6.92 Å². The van der Waals surface area contributed by atoms with Gasteiger partial charge in [-0.3, -0.25) is 9.59 Å². The summed E-state index contributed by atoms with van der Waals surface area (Å²) in [5, 5.41) is 2.84. The lowest BCUT2D eigenvalue weighted by Gasteiger charge is -2.22. The maximum absolute atomic E-state index is 13.1. The Labute approximate surface area is 170 Å². The van der Waals surface area contributed by atoms with Crippen molar-refractivity contribution in [2.24, 2.45) is 0 Å². The van der Waals surface area contributed by atoms with Gasteiger partial charge in [-0.2, -0.15) is 0 Å². The van der Waals surface area contributed by atoms with Crippen molar-refractivity contribution in [2.75, 3.05) is 23.9 Å². The smallest absolute Gasteiger partial charge is 0.258 e. The van der Waals surface area contributed by atoms with E-state index in [1.54, 1.807) is 60.5 Å². The molecule has 3 rings (SSSR count). The molecular weight excluding hydrogens is 364 g/mol. The molecule has 5 nitrogen and oxygen atoms in total. The van der Waals surface area contributed by atoms with Gasteiger partial charge in [0.05, 0.1) is 7.11 Å². The Bertz CT molecular complexity index is 1010. The second kappa shape index (κ2) is 9.06. The molecule has 5 heteroatoms. The summed E-state index contributed by atoms with van der Waals surface area (Å²) in [5.74, 6) is 0.298. The number of nitrogens with one attached hydrogen (secondary N) is 1. The Morgan fingerprint density at radius 3 is 2.28 bits per heavy atom. The molecule has 0 unspecified atom stereocenters. The summed E-state index contributed by atoms with van der Waals surface area (Å²) in [4.78, 5) is 27.4. The lowest BCUT2D eigenvalue weighted by atomic mass is 10.1. The van der Waals surface area contributed by atoms with Crippen molar-refractivity contribution in [1.29, 1.82) is 0 Å². The molecule has 0 atom stereocenters. The third kappa shape index (κ3) is 4.82. The molecule has 148 valence electrons. The van der Waals surface area contributed by atoms with E-state index in [2.05, 4.69) is 5.32 Å². The number of benzene rings is 3. The summed E-state index contributed by atoms with van der Waals surface area (Å²) < 4.78 is 5.12. The number of rotatable bonds is 6. The quantitative estimate of drug-likeness (QED) is 0.652. The monoisotopic (exact) mass is 388 g/mol. The molecule has 0 fully saturated rings. The van der Waals surface area contributed by atoms with Gasteiger partial charge in [-0.05, 0) is 74.0 Å². The first-order valence-electron chi connectivity index (χ1n) is 9.46. The summed E-state index contributed by atoms with van der Waals surface area (Å²) in [7, 11) is 1.59. The fourth-order valence-electron chi connectivity index (χ4n) is 3.07. The molecule has 3 aromatic rings. The molecular formula is C24H24N2O3. The molecule has 0 spiro atoms. The number of ether oxygens (including phenoxy) is 1. The zero-order valence-electron chi connectivity index (χ0n) is 16.8. The molecule has 0 heterocycles. The first-order chi connectivity index (χ1) is 14.0. The van der Waals surface area contributed by atoms with Crippen molar-refractivity contribution < 1.29 is 14.3 Å². The zero-order chi connectivity index (χ0) is 20.8. The van der Waals surface area contributed by atoms with Crippen LogP contribution in [0.1, 0.15) is 33.2 Å². The van der Waals surface area contributed by atoms with Crippen LogP contribution in [0.4, 0.5) is 11.4 Å². The van der Waals surface area contributed by atoms with Crippen LogP contribution < -0.4 is 15.0 Å². The number of anilines is 2. The van der Waals surface area contributed by atoms with E-state index < -0.39 is 0 Å². The van der Waals surface area contributed by atoms with Gasteiger partial charge in [-0.15, -0.1) is 0 Å². The highest BCUT2D eigenvalue weighted by molar-refractivity contribution is 6.09. The van der Waals surface area contributed by atoms with Crippen molar-refractivity contribution in [2.45, 2.75) is 13.8 Å². The van der Waals surface area contributed by atoms with Crippen LogP contribution in [-0.4, -0.2) is 25.5 Å². The maximum atomic E-state index is 13.1. The lowest BCUT2D eigenvalue weighted by Crippen LogP contribution is -2.30. The van der Waals surface area contributed by atoms with Gasteiger partial charge in [0.2, 0.25) is 0 Å². The molecule has 1 N–H and O–H groups in total. The highest BCUT2D eigenvalue weighted by Gasteiger charge is 2.18. The van der Waals surface area contributed by atoms with E-state index in [4.69, 9.17) is 4.74 Å². The number of hydrogen-bond acceptors (Lipinski definition) is 3. The molecule has 0 aliphatic carbocycles. The molecule has 0 saturated carbocycles. The van der Waals surface area contributed by atoms with Crippen LogP contribution in [0.5, 0.6) is 5.75 Å². The van der Waals surface area contributed by atoms with Crippen molar-refractivity contribution in [3.63, 3.8) is 0 Å². The lowest BCUT2D eigenvalue weighted by molar-refractivity contribution is 0.0988. The first-order valence-corrected chi connectivity index (χ1v) is 9.46. The van der Waals surface area contributed by atoms with Crippen LogP contribution in [-0.2, 0) is 0 Å². The molecule has 2 amide bonds. The number of methoxy groups -OCH3 is 1. The minimum absolute atomic E-state index is 0.141. The molecule has 0 aromatic heterocycles. The molecule has 0 aliphatic heterocycles. The van der Waals surface area contributed by atoms with Gasteiger partial charge in [0.25, 0.3) is 11.8 Å². The highest BCUT2D eigenvalue weighted by atomic mass is 16.5. The van der Waals surface area contributed by atoms with Gasteiger partial charge in [-0.1, -0.05) is 18.2 Å². The van der Waals surface area contributed by atoms with Crippen LogP contribution in [0.2, 0.25) is 0 Å². The fraction of sp³-hybridized carbons (Fsp3) is 0.167. The summed E-state index contributed by atoms with van der Waals surface area (Å²) in [6, 6.07) is 21.7. The Kier molecular flexibility index (Phi) is 6.29. The van der Waals surface area contributed by atoms with E-state index in [9.17, 15) is 9.59 Å². The predicted octanol–water partition coefficient (Wildman–Crippen LogP) is 4.92. The van der Waals surface area contributed by atoms with Crippen molar-refractivity contribution in [3.05, 3.63) is 89.5 Å². The minimum atomic E-state index is -0.275. The normalized spacial score (nSPS) is 10.3. The maximum Gasteiger partial charge on any atom is 0.258 e. The van der Waals surface area contributed by atoms with Crippen LogP contribution >= 0.6 is 0 Å². The molecule has 0 radical (unpaired) electrons. The van der Waals surface area contributed by atoms with Crippen LogP contribution in [0.25, 0.3) is 0 Å². The van der Waals surface area contributed by atoms with Gasteiger partial charge < -0.3 is 15.0 Å². The van der Waals surface area contributed by atoms with E-state index in [1.165, 1.54) is 0 Å². The summed E-state index contributed by atoms with van der Waals surface area (Å²) in [6.45, 7) is 4.46. The second-order valence-electron chi connectivity index (χ2n) is 6.65. The zero-order valence-corrected chi connectivity index (χ0v) is 16.8. The minimum Gasteiger partial charge on any atom is -0.497 e.